The average molecular weight is 673 g/mol. The van der Waals surface area contributed by atoms with Crippen LogP contribution in [0.4, 0.5) is 0 Å². The lowest BCUT2D eigenvalue weighted by atomic mass is 9.83. The molecule has 0 aliphatic rings. The van der Waals surface area contributed by atoms with E-state index in [0.717, 1.165) is 0 Å². The molecule has 0 unspecified atom stereocenters. The van der Waals surface area contributed by atoms with Crippen molar-refractivity contribution >= 4 is 43.1 Å². The first-order valence-corrected chi connectivity index (χ1v) is 18.9. The Morgan fingerprint density at radius 2 is 0.596 bits per heavy atom. The van der Waals surface area contributed by atoms with Gasteiger partial charge in [-0.3, -0.25) is 0 Å². The second kappa shape index (κ2) is 16.8. The molecule has 9 aromatic rings. The summed E-state index contributed by atoms with van der Waals surface area (Å²) in [6.07, 6.45) is 0. The van der Waals surface area contributed by atoms with E-state index in [2.05, 4.69) is 182 Å². The number of benzene rings is 9. The van der Waals surface area contributed by atoms with E-state index in [1.807, 2.05) is 41.5 Å². The molecule has 52 heavy (non-hydrogen) atoms. The van der Waals surface area contributed by atoms with Crippen LogP contribution < -0.4 is 0 Å². The molecule has 256 valence electrons. The van der Waals surface area contributed by atoms with Gasteiger partial charge in [0.1, 0.15) is 0 Å². The largest absolute Gasteiger partial charge is 0.0683 e. The van der Waals surface area contributed by atoms with Gasteiger partial charge in [0.25, 0.3) is 0 Å². The van der Waals surface area contributed by atoms with E-state index in [9.17, 15) is 0 Å². The van der Waals surface area contributed by atoms with E-state index < -0.39 is 0 Å². The van der Waals surface area contributed by atoms with Crippen molar-refractivity contribution in [3.05, 3.63) is 182 Å². The van der Waals surface area contributed by atoms with E-state index >= 15 is 0 Å². The first-order valence-electron chi connectivity index (χ1n) is 18.9. The lowest BCUT2D eigenvalue weighted by Crippen LogP contribution is -1.92. The van der Waals surface area contributed by atoms with Gasteiger partial charge in [-0.25, -0.2) is 0 Å². The summed E-state index contributed by atoms with van der Waals surface area (Å²) in [7, 11) is 0. The minimum absolute atomic E-state index is 1.24. The van der Waals surface area contributed by atoms with Crippen LogP contribution in [0.3, 0.4) is 0 Å². The van der Waals surface area contributed by atoms with Crippen molar-refractivity contribution in [3.8, 4) is 44.5 Å². The van der Waals surface area contributed by atoms with Gasteiger partial charge in [-0.1, -0.05) is 211 Å². The SMILES string of the molecule is CC.CC.CC.c1ccc(-c2ccc3cc(-c4c5ccccc5c(-c5ccc(-c6ccccc6)c6ccccc56)c5ccccc45)ccc3c2)cc1. The minimum atomic E-state index is 1.24. The van der Waals surface area contributed by atoms with Crippen LogP contribution >= 0.6 is 0 Å². The van der Waals surface area contributed by atoms with E-state index in [1.165, 1.54) is 87.6 Å². The highest BCUT2D eigenvalue weighted by molar-refractivity contribution is 6.24. The standard InChI is InChI=1S/C46H30.3C2H6/c1-3-13-31(14-4-1)33-23-24-35-30-36(26-25-34(35)29-33)45-40-19-9-11-21-42(40)46(43-22-12-10-20-41(43)45)44-28-27-37(32-15-5-2-6-16-32)38-17-7-8-18-39(38)44;3*1-2/h1-30H;3*1-2H3. The average Bonchev–Trinajstić information content (AvgIpc) is 3.25. The first-order chi connectivity index (χ1) is 25.8. The van der Waals surface area contributed by atoms with Gasteiger partial charge in [0.15, 0.2) is 0 Å². The van der Waals surface area contributed by atoms with Crippen molar-refractivity contribution in [2.75, 3.05) is 0 Å². The summed E-state index contributed by atoms with van der Waals surface area (Å²) < 4.78 is 0. The van der Waals surface area contributed by atoms with Crippen LogP contribution in [0.15, 0.2) is 182 Å². The number of rotatable bonds is 4. The Kier molecular flexibility index (Phi) is 11.6. The number of hydrogen-bond acceptors (Lipinski definition) is 0. The summed E-state index contributed by atoms with van der Waals surface area (Å²) in [4.78, 5) is 0. The maximum absolute atomic E-state index is 2.36. The van der Waals surface area contributed by atoms with Crippen LogP contribution in [0.2, 0.25) is 0 Å². The molecule has 0 amide bonds. The number of fused-ring (bicyclic) bond motifs is 4. The zero-order valence-corrected chi connectivity index (χ0v) is 31.3. The summed E-state index contributed by atoms with van der Waals surface area (Å²) in [6.45, 7) is 12.0. The third-order valence-corrected chi connectivity index (χ3v) is 9.45. The van der Waals surface area contributed by atoms with Crippen LogP contribution in [0, 0.1) is 0 Å². The molecule has 0 heteroatoms. The molecule has 9 aromatic carbocycles. The van der Waals surface area contributed by atoms with Crippen molar-refractivity contribution < 1.29 is 0 Å². The highest BCUT2D eigenvalue weighted by Crippen LogP contribution is 2.46. The molecule has 0 fully saturated rings. The molecule has 0 heterocycles. The van der Waals surface area contributed by atoms with Crippen LogP contribution in [0.1, 0.15) is 41.5 Å². The van der Waals surface area contributed by atoms with E-state index in [4.69, 9.17) is 0 Å². The van der Waals surface area contributed by atoms with E-state index in [1.54, 1.807) is 0 Å². The molecule has 0 nitrogen and oxygen atoms in total. The normalized spacial score (nSPS) is 10.5. The molecule has 0 saturated carbocycles. The molecule has 0 spiro atoms. The maximum Gasteiger partial charge on any atom is -0.00201 e. The van der Waals surface area contributed by atoms with Crippen molar-refractivity contribution in [3.63, 3.8) is 0 Å². The Morgan fingerprint density at radius 3 is 1.12 bits per heavy atom. The lowest BCUT2D eigenvalue weighted by Gasteiger charge is -2.20. The monoisotopic (exact) mass is 672 g/mol. The second-order valence-electron chi connectivity index (χ2n) is 12.1. The zero-order valence-electron chi connectivity index (χ0n) is 31.3. The Bertz CT molecular complexity index is 2500. The highest BCUT2D eigenvalue weighted by Gasteiger charge is 2.19. The Morgan fingerprint density at radius 1 is 0.231 bits per heavy atom. The fraction of sp³-hybridized carbons (Fsp3) is 0.115. The summed E-state index contributed by atoms with van der Waals surface area (Å²) in [5, 5.41) is 10.1. The summed E-state index contributed by atoms with van der Waals surface area (Å²) in [6, 6.07) is 66.5. The summed E-state index contributed by atoms with van der Waals surface area (Å²) >= 11 is 0. The topological polar surface area (TPSA) is 0 Å². The van der Waals surface area contributed by atoms with Crippen LogP contribution in [-0.4, -0.2) is 0 Å². The second-order valence-corrected chi connectivity index (χ2v) is 12.1. The molecule has 0 saturated heterocycles. The van der Waals surface area contributed by atoms with Crippen molar-refractivity contribution in [2.24, 2.45) is 0 Å². The maximum atomic E-state index is 2.36. The third-order valence-electron chi connectivity index (χ3n) is 9.45. The van der Waals surface area contributed by atoms with E-state index in [-0.39, 0.29) is 0 Å². The molecule has 0 atom stereocenters. The fourth-order valence-electron chi connectivity index (χ4n) is 7.33. The molecule has 0 bridgehead atoms. The molecule has 0 aliphatic heterocycles. The predicted octanol–water partition coefficient (Wildman–Crippen LogP) is 16.0. The molecular weight excluding hydrogens is 625 g/mol. The quantitative estimate of drug-likeness (QED) is 0.163. The Labute approximate surface area is 310 Å². The smallest absolute Gasteiger partial charge is 0.00201 e. The Hall–Kier alpha value is -5.98. The van der Waals surface area contributed by atoms with Crippen molar-refractivity contribution in [1.82, 2.24) is 0 Å². The van der Waals surface area contributed by atoms with Gasteiger partial charge < -0.3 is 0 Å². The number of hydrogen-bond donors (Lipinski definition) is 0. The highest BCUT2D eigenvalue weighted by atomic mass is 14.2. The van der Waals surface area contributed by atoms with Gasteiger partial charge in [-0.05, 0) is 99.7 Å². The molecule has 0 aliphatic carbocycles. The summed E-state index contributed by atoms with van der Waals surface area (Å²) in [5.74, 6) is 0. The molecular formula is C52H48. The first kappa shape index (κ1) is 35.8. The van der Waals surface area contributed by atoms with Crippen LogP contribution in [-0.2, 0) is 0 Å². The van der Waals surface area contributed by atoms with E-state index in [0.29, 0.717) is 0 Å². The van der Waals surface area contributed by atoms with Gasteiger partial charge in [0, 0.05) is 0 Å². The fourth-order valence-corrected chi connectivity index (χ4v) is 7.33. The Balaban J connectivity index is 0.000000738. The van der Waals surface area contributed by atoms with Crippen LogP contribution in [0.25, 0.3) is 87.6 Å². The molecule has 0 N–H and O–H groups in total. The van der Waals surface area contributed by atoms with Gasteiger partial charge in [-0.2, -0.15) is 0 Å². The van der Waals surface area contributed by atoms with Gasteiger partial charge in [0.05, 0.1) is 0 Å². The molecule has 0 aromatic heterocycles. The minimum Gasteiger partial charge on any atom is -0.0683 e. The molecule has 0 radical (unpaired) electrons. The van der Waals surface area contributed by atoms with Gasteiger partial charge in [0.2, 0.25) is 0 Å². The predicted molar refractivity (Wildman–Crippen MR) is 232 cm³/mol. The lowest BCUT2D eigenvalue weighted by molar-refractivity contribution is 1.50. The van der Waals surface area contributed by atoms with Gasteiger partial charge >= 0.3 is 0 Å². The van der Waals surface area contributed by atoms with Crippen molar-refractivity contribution in [1.29, 1.82) is 0 Å². The third kappa shape index (κ3) is 6.73. The molecule has 9 rings (SSSR count). The van der Waals surface area contributed by atoms with Gasteiger partial charge in [-0.15, -0.1) is 0 Å². The van der Waals surface area contributed by atoms with Crippen molar-refractivity contribution in [2.45, 2.75) is 41.5 Å². The zero-order chi connectivity index (χ0) is 36.5. The van der Waals surface area contributed by atoms with Crippen LogP contribution in [0.5, 0.6) is 0 Å². The summed E-state index contributed by atoms with van der Waals surface area (Å²) in [5.41, 5.74) is 10.1.